The van der Waals surface area contributed by atoms with Crippen molar-refractivity contribution in [2.75, 3.05) is 18.0 Å². The van der Waals surface area contributed by atoms with Crippen molar-refractivity contribution in [1.29, 1.82) is 0 Å². The molecule has 0 saturated carbocycles. The third-order valence-corrected chi connectivity index (χ3v) is 5.92. The fourth-order valence-electron chi connectivity index (χ4n) is 3.49. The van der Waals surface area contributed by atoms with E-state index in [1.165, 1.54) is 11.6 Å². The van der Waals surface area contributed by atoms with Gasteiger partial charge in [0.1, 0.15) is 18.2 Å². The summed E-state index contributed by atoms with van der Waals surface area (Å²) in [5.41, 5.74) is 3.17. The Kier molecular flexibility index (Phi) is 6.72. The quantitative estimate of drug-likeness (QED) is 0.558. The van der Waals surface area contributed by atoms with Gasteiger partial charge in [0.15, 0.2) is 0 Å². The number of alkyl halides is 3. The molecule has 4 rings (SSSR count). The van der Waals surface area contributed by atoms with E-state index in [9.17, 15) is 13.2 Å². The summed E-state index contributed by atoms with van der Waals surface area (Å²) in [5, 5.41) is 5.54. The molecule has 31 heavy (non-hydrogen) atoms. The Balaban J connectivity index is 1.20. The summed E-state index contributed by atoms with van der Waals surface area (Å²) >= 11 is 1.55. The number of halogens is 3. The minimum atomic E-state index is -4.35. The number of hydrogen-bond acceptors (Lipinski definition) is 6. The molecule has 1 aromatic carbocycles. The highest BCUT2D eigenvalue weighted by Gasteiger charge is 2.31. The second kappa shape index (κ2) is 9.65. The number of pyridine rings is 1. The average Bonchev–Trinajstić information content (AvgIpc) is 3.31. The number of piperidine rings is 1. The Morgan fingerprint density at radius 3 is 2.45 bits per heavy atom. The largest absolute Gasteiger partial charge is 0.487 e. The molecule has 1 N–H and O–H groups in total. The van der Waals surface area contributed by atoms with Crippen LogP contribution in [0.3, 0.4) is 0 Å². The van der Waals surface area contributed by atoms with E-state index in [1.807, 2.05) is 34.5 Å². The molecular formula is C22H23F3N4OS. The first-order chi connectivity index (χ1) is 15.0. The maximum absolute atomic E-state index is 12.7. The van der Waals surface area contributed by atoms with Gasteiger partial charge in [0.05, 0.1) is 16.8 Å². The molecule has 164 valence electrons. The van der Waals surface area contributed by atoms with E-state index in [0.717, 1.165) is 56.2 Å². The lowest BCUT2D eigenvalue weighted by atomic mass is 10.0. The van der Waals surface area contributed by atoms with Crippen molar-refractivity contribution >= 4 is 17.2 Å². The lowest BCUT2D eigenvalue weighted by Crippen LogP contribution is -2.42. The summed E-state index contributed by atoms with van der Waals surface area (Å²) in [7, 11) is 0. The minimum absolute atomic E-state index is 0.367. The van der Waals surface area contributed by atoms with Gasteiger partial charge in [0.2, 0.25) is 0 Å². The highest BCUT2D eigenvalue weighted by Crippen LogP contribution is 2.29. The minimum Gasteiger partial charge on any atom is -0.487 e. The zero-order chi connectivity index (χ0) is 21.7. The molecule has 1 aliphatic rings. The zero-order valence-electron chi connectivity index (χ0n) is 16.8. The Labute approximate surface area is 182 Å². The summed E-state index contributed by atoms with van der Waals surface area (Å²) in [6, 6.07) is 10.9. The second-order valence-electron chi connectivity index (χ2n) is 7.46. The predicted octanol–water partition coefficient (Wildman–Crippen LogP) is 4.89. The van der Waals surface area contributed by atoms with Crippen molar-refractivity contribution in [3.05, 3.63) is 70.3 Å². The number of rotatable bonds is 7. The van der Waals surface area contributed by atoms with E-state index in [0.29, 0.717) is 18.5 Å². The van der Waals surface area contributed by atoms with Gasteiger partial charge in [-0.3, -0.25) is 0 Å². The fourth-order valence-corrected chi connectivity index (χ4v) is 4.03. The molecule has 1 fully saturated rings. The Morgan fingerprint density at radius 1 is 1.06 bits per heavy atom. The van der Waals surface area contributed by atoms with E-state index >= 15 is 0 Å². The van der Waals surface area contributed by atoms with Crippen LogP contribution < -0.4 is 15.0 Å². The number of anilines is 1. The van der Waals surface area contributed by atoms with Crippen molar-refractivity contribution in [3.63, 3.8) is 0 Å². The highest BCUT2D eigenvalue weighted by molar-refractivity contribution is 7.07. The lowest BCUT2D eigenvalue weighted by molar-refractivity contribution is -0.137. The molecule has 3 aromatic rings. The van der Waals surface area contributed by atoms with Gasteiger partial charge in [-0.05, 0) is 42.7 Å². The normalized spacial score (nSPS) is 15.3. The first-order valence-electron chi connectivity index (χ1n) is 10.1. The molecule has 1 saturated heterocycles. The van der Waals surface area contributed by atoms with Crippen molar-refractivity contribution in [2.24, 2.45) is 0 Å². The first-order valence-corrected chi connectivity index (χ1v) is 11.0. The molecule has 0 amide bonds. The summed E-state index contributed by atoms with van der Waals surface area (Å²) in [4.78, 5) is 10.2. The van der Waals surface area contributed by atoms with Gasteiger partial charge in [0.25, 0.3) is 0 Å². The molecule has 0 aliphatic carbocycles. The van der Waals surface area contributed by atoms with Crippen molar-refractivity contribution in [3.8, 4) is 5.75 Å². The second-order valence-corrected chi connectivity index (χ2v) is 8.18. The van der Waals surface area contributed by atoms with E-state index < -0.39 is 11.7 Å². The molecule has 0 radical (unpaired) electrons. The Hall–Kier alpha value is -2.65. The van der Waals surface area contributed by atoms with Crippen LogP contribution in [0.15, 0.2) is 53.5 Å². The summed E-state index contributed by atoms with van der Waals surface area (Å²) in [6.07, 6.45) is -1.62. The molecule has 9 heteroatoms. The van der Waals surface area contributed by atoms with Crippen LogP contribution in [0.25, 0.3) is 0 Å². The van der Waals surface area contributed by atoms with Crippen LogP contribution >= 0.6 is 11.3 Å². The maximum Gasteiger partial charge on any atom is 0.417 e. The Morgan fingerprint density at radius 2 is 1.84 bits per heavy atom. The van der Waals surface area contributed by atoms with Crippen LogP contribution in [0.1, 0.15) is 29.7 Å². The highest BCUT2D eigenvalue weighted by atomic mass is 32.1. The summed E-state index contributed by atoms with van der Waals surface area (Å²) in [6.45, 7) is 2.75. The number of ether oxygens (including phenoxy) is 1. The van der Waals surface area contributed by atoms with Gasteiger partial charge < -0.3 is 15.0 Å². The van der Waals surface area contributed by atoms with Crippen LogP contribution in [-0.2, 0) is 19.3 Å². The number of nitrogens with zero attached hydrogens (tertiary/aromatic N) is 3. The smallest absolute Gasteiger partial charge is 0.417 e. The van der Waals surface area contributed by atoms with Crippen molar-refractivity contribution in [2.45, 2.75) is 38.2 Å². The Bertz CT molecular complexity index is 938. The SMILES string of the molecule is FC(F)(F)c1ccc(N2CCC(NCc3ccc(OCc4cscn4)cc3)CC2)nc1. The average molecular weight is 449 g/mol. The number of nitrogens with one attached hydrogen (secondary N) is 1. The molecule has 2 aromatic heterocycles. The molecular weight excluding hydrogens is 425 g/mol. The maximum atomic E-state index is 12.7. The van der Waals surface area contributed by atoms with Gasteiger partial charge in [-0.15, -0.1) is 11.3 Å². The summed E-state index contributed by atoms with van der Waals surface area (Å²) < 4.78 is 43.8. The predicted molar refractivity (Wildman–Crippen MR) is 114 cm³/mol. The van der Waals surface area contributed by atoms with E-state index in [4.69, 9.17) is 4.74 Å². The van der Waals surface area contributed by atoms with Gasteiger partial charge in [-0.2, -0.15) is 13.2 Å². The monoisotopic (exact) mass is 448 g/mol. The molecule has 0 atom stereocenters. The van der Waals surface area contributed by atoms with E-state index in [2.05, 4.69) is 15.3 Å². The van der Waals surface area contributed by atoms with Crippen molar-refractivity contribution < 1.29 is 17.9 Å². The molecule has 5 nitrogen and oxygen atoms in total. The number of aromatic nitrogens is 2. The van der Waals surface area contributed by atoms with E-state index in [-0.39, 0.29) is 0 Å². The fraction of sp³-hybridized carbons (Fsp3) is 0.364. The van der Waals surface area contributed by atoms with Crippen molar-refractivity contribution in [1.82, 2.24) is 15.3 Å². The summed E-state index contributed by atoms with van der Waals surface area (Å²) in [5.74, 6) is 1.41. The topological polar surface area (TPSA) is 50.3 Å². The standard InChI is InChI=1S/C22H23F3N4OS/c23-22(24,25)17-3-6-21(27-12-17)29-9-7-18(8-10-29)26-11-16-1-4-20(5-2-16)30-13-19-14-31-15-28-19/h1-6,12,14-15,18,26H,7-11,13H2. The zero-order valence-corrected chi connectivity index (χ0v) is 17.6. The first kappa shape index (κ1) is 21.6. The number of hydrogen-bond donors (Lipinski definition) is 1. The van der Waals surface area contributed by atoms with E-state index in [1.54, 1.807) is 16.8 Å². The molecule has 0 unspecified atom stereocenters. The molecule has 0 spiro atoms. The molecule has 0 bridgehead atoms. The third kappa shape index (κ3) is 5.95. The van der Waals surface area contributed by atoms with Crippen LogP contribution in [0, 0.1) is 0 Å². The number of thiazole rings is 1. The third-order valence-electron chi connectivity index (χ3n) is 5.28. The lowest BCUT2D eigenvalue weighted by Gasteiger charge is -2.33. The van der Waals surface area contributed by atoms with Crippen LogP contribution in [-0.4, -0.2) is 29.1 Å². The molecule has 3 heterocycles. The van der Waals surface area contributed by atoms with Crippen LogP contribution in [0.4, 0.5) is 19.0 Å². The number of benzene rings is 1. The van der Waals surface area contributed by atoms with Crippen LogP contribution in [0.2, 0.25) is 0 Å². The van der Waals surface area contributed by atoms with Gasteiger partial charge >= 0.3 is 6.18 Å². The van der Waals surface area contributed by atoms with Gasteiger partial charge in [-0.1, -0.05) is 12.1 Å². The van der Waals surface area contributed by atoms with Crippen LogP contribution in [0.5, 0.6) is 5.75 Å². The van der Waals surface area contributed by atoms with Gasteiger partial charge in [-0.25, -0.2) is 9.97 Å². The molecule has 1 aliphatic heterocycles. The van der Waals surface area contributed by atoms with Gasteiger partial charge in [0, 0.05) is 37.3 Å².